The summed E-state index contributed by atoms with van der Waals surface area (Å²) in [5.74, 6) is 0.607. The first kappa shape index (κ1) is 18.7. The quantitative estimate of drug-likeness (QED) is 0.440. The van der Waals surface area contributed by atoms with Crippen LogP contribution in [0.3, 0.4) is 0 Å². The molecule has 0 radical (unpaired) electrons. The molecule has 1 aliphatic rings. The number of aliphatic hydroxyl groups excluding tert-OH is 5. The van der Waals surface area contributed by atoms with Gasteiger partial charge in [-0.25, -0.2) is 0 Å². The topological polar surface area (TPSA) is 129 Å². The molecule has 5 N–H and O–H groups in total. The molecule has 0 aliphatic carbocycles. The Kier molecular flexibility index (Phi) is 6.55. The van der Waals surface area contributed by atoms with E-state index in [0.717, 1.165) is 5.56 Å². The van der Waals surface area contributed by atoms with E-state index in [1.54, 1.807) is 30.4 Å². The highest BCUT2D eigenvalue weighted by atomic mass is 16.7. The molecule has 0 bridgehead atoms. The molecule has 0 amide bonds. The van der Waals surface area contributed by atoms with Crippen LogP contribution in [0.4, 0.5) is 0 Å². The van der Waals surface area contributed by atoms with Gasteiger partial charge in [0.15, 0.2) is 11.5 Å². The van der Waals surface area contributed by atoms with E-state index in [2.05, 4.69) is 0 Å². The Hall–Kier alpha value is -1.68. The maximum absolute atomic E-state index is 10.00. The summed E-state index contributed by atoms with van der Waals surface area (Å²) in [5, 5.41) is 47.5. The highest BCUT2D eigenvalue weighted by molar-refractivity contribution is 5.55. The first-order valence-corrected chi connectivity index (χ1v) is 7.44. The summed E-state index contributed by atoms with van der Waals surface area (Å²) >= 11 is 0. The molecule has 8 heteroatoms. The van der Waals surface area contributed by atoms with Gasteiger partial charge in [-0.2, -0.15) is 0 Å². The molecule has 1 aromatic rings. The van der Waals surface area contributed by atoms with Crippen LogP contribution in [-0.2, 0) is 4.74 Å². The standard InChI is InChI=1S/C16H22O8/c1-22-11-7-9(3-2-6-17)4-5-10(11)23-16-15(21)14(20)13(19)12(8-18)24-16/h2-5,7,12-21H,6,8H2,1H3/b3-2-/t12-,13-,14+,15-,16-/m1/s1. The zero-order valence-electron chi connectivity index (χ0n) is 13.1. The Morgan fingerprint density at radius 1 is 1.08 bits per heavy atom. The molecule has 1 aromatic carbocycles. The van der Waals surface area contributed by atoms with Gasteiger partial charge in [0.2, 0.25) is 6.29 Å². The molecule has 0 unspecified atom stereocenters. The SMILES string of the molecule is COc1cc(/C=C\CO)ccc1O[C@@H]1O[C@H](CO)[C@@H](O)[C@H](O)[C@H]1O. The van der Waals surface area contributed by atoms with Crippen molar-refractivity contribution in [2.75, 3.05) is 20.3 Å². The maximum atomic E-state index is 10.00. The largest absolute Gasteiger partial charge is 0.493 e. The van der Waals surface area contributed by atoms with Crippen LogP contribution in [0.25, 0.3) is 6.08 Å². The lowest BCUT2D eigenvalue weighted by atomic mass is 9.99. The average Bonchev–Trinajstić information content (AvgIpc) is 2.61. The van der Waals surface area contributed by atoms with Gasteiger partial charge in [0.25, 0.3) is 0 Å². The van der Waals surface area contributed by atoms with Gasteiger partial charge < -0.3 is 39.7 Å². The first-order valence-electron chi connectivity index (χ1n) is 7.44. The van der Waals surface area contributed by atoms with Crippen LogP contribution in [0.15, 0.2) is 24.3 Å². The van der Waals surface area contributed by atoms with Crippen LogP contribution in [-0.4, -0.2) is 76.6 Å². The van der Waals surface area contributed by atoms with Crippen molar-refractivity contribution in [2.24, 2.45) is 0 Å². The number of ether oxygens (including phenoxy) is 3. The monoisotopic (exact) mass is 342 g/mol. The summed E-state index contributed by atoms with van der Waals surface area (Å²) in [6, 6.07) is 4.94. The Labute approximate surface area is 139 Å². The van der Waals surface area contributed by atoms with Gasteiger partial charge in [-0.05, 0) is 17.7 Å². The number of benzene rings is 1. The summed E-state index contributed by atoms with van der Waals surface area (Å²) < 4.78 is 16.1. The first-order chi connectivity index (χ1) is 11.5. The lowest BCUT2D eigenvalue weighted by Crippen LogP contribution is -2.60. The van der Waals surface area contributed by atoms with Gasteiger partial charge in [-0.15, -0.1) is 0 Å². The summed E-state index contributed by atoms with van der Waals surface area (Å²) in [7, 11) is 1.44. The van der Waals surface area contributed by atoms with E-state index >= 15 is 0 Å². The maximum Gasteiger partial charge on any atom is 0.229 e. The third kappa shape index (κ3) is 4.04. The Morgan fingerprint density at radius 2 is 1.83 bits per heavy atom. The van der Waals surface area contributed by atoms with Crippen molar-refractivity contribution in [2.45, 2.75) is 30.7 Å². The van der Waals surface area contributed by atoms with Crippen LogP contribution in [0, 0.1) is 0 Å². The number of hydrogen-bond acceptors (Lipinski definition) is 8. The normalized spacial score (nSPS) is 30.5. The molecule has 5 atom stereocenters. The number of rotatable bonds is 6. The van der Waals surface area contributed by atoms with Crippen molar-refractivity contribution in [3.8, 4) is 11.5 Å². The number of methoxy groups -OCH3 is 1. The predicted molar refractivity (Wildman–Crippen MR) is 83.5 cm³/mol. The molecule has 134 valence electrons. The predicted octanol–water partition coefficient (Wildman–Crippen LogP) is -1.12. The highest BCUT2D eigenvalue weighted by Gasteiger charge is 2.44. The minimum Gasteiger partial charge on any atom is -0.493 e. The Bertz CT molecular complexity index is 559. The van der Waals surface area contributed by atoms with Gasteiger partial charge >= 0.3 is 0 Å². The molecule has 0 saturated carbocycles. The lowest BCUT2D eigenvalue weighted by molar-refractivity contribution is -0.277. The fourth-order valence-electron chi connectivity index (χ4n) is 2.36. The molecular weight excluding hydrogens is 320 g/mol. The van der Waals surface area contributed by atoms with Crippen LogP contribution in [0.2, 0.25) is 0 Å². The fraction of sp³-hybridized carbons (Fsp3) is 0.500. The van der Waals surface area contributed by atoms with Crippen LogP contribution in [0.1, 0.15) is 5.56 Å². The molecule has 0 aromatic heterocycles. The summed E-state index contributed by atoms with van der Waals surface area (Å²) in [5.41, 5.74) is 0.766. The Balaban J connectivity index is 2.18. The third-order valence-corrected chi connectivity index (χ3v) is 3.69. The molecule has 2 rings (SSSR count). The molecule has 1 fully saturated rings. The third-order valence-electron chi connectivity index (χ3n) is 3.69. The van der Waals surface area contributed by atoms with Crippen molar-refractivity contribution in [1.82, 2.24) is 0 Å². The second-order valence-electron chi connectivity index (χ2n) is 5.31. The molecule has 24 heavy (non-hydrogen) atoms. The van der Waals surface area contributed by atoms with E-state index in [0.29, 0.717) is 5.75 Å². The highest BCUT2D eigenvalue weighted by Crippen LogP contribution is 2.32. The van der Waals surface area contributed by atoms with Crippen LogP contribution in [0.5, 0.6) is 11.5 Å². The smallest absolute Gasteiger partial charge is 0.229 e. The van der Waals surface area contributed by atoms with E-state index in [4.69, 9.17) is 19.3 Å². The molecule has 1 saturated heterocycles. The molecule has 1 heterocycles. The van der Waals surface area contributed by atoms with Crippen LogP contribution < -0.4 is 9.47 Å². The van der Waals surface area contributed by atoms with E-state index in [1.807, 2.05) is 0 Å². The van der Waals surface area contributed by atoms with E-state index < -0.39 is 37.3 Å². The second kappa shape index (κ2) is 8.43. The Morgan fingerprint density at radius 3 is 2.46 bits per heavy atom. The minimum atomic E-state index is -1.52. The van der Waals surface area contributed by atoms with E-state index in [9.17, 15) is 20.4 Å². The fourth-order valence-corrected chi connectivity index (χ4v) is 2.36. The van der Waals surface area contributed by atoms with Gasteiger partial charge in [0.1, 0.15) is 24.4 Å². The minimum absolute atomic E-state index is 0.0918. The molecule has 0 spiro atoms. The average molecular weight is 342 g/mol. The molecule has 1 aliphatic heterocycles. The zero-order valence-corrected chi connectivity index (χ0v) is 13.1. The van der Waals surface area contributed by atoms with Gasteiger partial charge in [0, 0.05) is 0 Å². The van der Waals surface area contributed by atoms with Crippen molar-refractivity contribution in [3.05, 3.63) is 29.8 Å². The van der Waals surface area contributed by atoms with Crippen LogP contribution >= 0.6 is 0 Å². The van der Waals surface area contributed by atoms with E-state index in [1.165, 1.54) is 7.11 Å². The number of hydrogen-bond donors (Lipinski definition) is 5. The van der Waals surface area contributed by atoms with E-state index in [-0.39, 0.29) is 12.4 Å². The van der Waals surface area contributed by atoms with Crippen molar-refractivity contribution >= 4 is 6.08 Å². The van der Waals surface area contributed by atoms with Gasteiger partial charge in [0.05, 0.1) is 20.3 Å². The summed E-state index contributed by atoms with van der Waals surface area (Å²) in [6.07, 6.45) is -3.54. The van der Waals surface area contributed by atoms with Gasteiger partial charge in [-0.3, -0.25) is 0 Å². The molecule has 8 nitrogen and oxygen atoms in total. The number of aliphatic hydroxyl groups is 5. The van der Waals surface area contributed by atoms with Crippen molar-refractivity contribution < 1.29 is 39.7 Å². The van der Waals surface area contributed by atoms with Crippen molar-refractivity contribution in [1.29, 1.82) is 0 Å². The van der Waals surface area contributed by atoms with Gasteiger partial charge in [-0.1, -0.05) is 18.2 Å². The summed E-state index contributed by atoms with van der Waals surface area (Å²) in [6.45, 7) is -0.627. The summed E-state index contributed by atoms with van der Waals surface area (Å²) in [4.78, 5) is 0. The lowest BCUT2D eigenvalue weighted by Gasteiger charge is -2.39. The van der Waals surface area contributed by atoms with Crippen molar-refractivity contribution in [3.63, 3.8) is 0 Å². The molecular formula is C16H22O8. The second-order valence-corrected chi connectivity index (χ2v) is 5.31. The zero-order chi connectivity index (χ0) is 17.7.